The van der Waals surface area contributed by atoms with Gasteiger partial charge in [-0.3, -0.25) is 4.98 Å². The summed E-state index contributed by atoms with van der Waals surface area (Å²) in [7, 11) is 0. The third-order valence-electron chi connectivity index (χ3n) is 4.38. The molecule has 0 aliphatic heterocycles. The van der Waals surface area contributed by atoms with E-state index in [2.05, 4.69) is 4.98 Å². The van der Waals surface area contributed by atoms with Gasteiger partial charge in [0.2, 0.25) is 0 Å². The summed E-state index contributed by atoms with van der Waals surface area (Å²) in [6.07, 6.45) is 11.3. The fraction of sp³-hybridized carbons (Fsp3) is 0.643. The van der Waals surface area contributed by atoms with Crippen LogP contribution in [0.2, 0.25) is 0 Å². The summed E-state index contributed by atoms with van der Waals surface area (Å²) in [5.41, 5.74) is 0.246. The van der Waals surface area contributed by atoms with Crippen LogP contribution in [0.25, 0.3) is 0 Å². The topological polar surface area (TPSA) is 22.1 Å². The first-order chi connectivity index (χ1) is 8.31. The van der Waals surface area contributed by atoms with Crippen LogP contribution in [0.15, 0.2) is 24.5 Å². The van der Waals surface area contributed by atoms with Crippen LogP contribution in [-0.4, -0.2) is 16.5 Å². The van der Waals surface area contributed by atoms with E-state index in [-0.39, 0.29) is 5.41 Å². The lowest BCUT2D eigenvalue weighted by Gasteiger charge is -2.54. The van der Waals surface area contributed by atoms with Crippen LogP contribution in [-0.2, 0) is 0 Å². The summed E-state index contributed by atoms with van der Waals surface area (Å²) >= 11 is 6.45. The second-order valence-corrected chi connectivity index (χ2v) is 5.82. The van der Waals surface area contributed by atoms with E-state index in [1.807, 2.05) is 12.1 Å². The van der Waals surface area contributed by atoms with Crippen LogP contribution in [0.1, 0.15) is 38.5 Å². The van der Waals surface area contributed by atoms with Crippen LogP contribution in [0, 0.1) is 5.41 Å². The van der Waals surface area contributed by atoms with Crippen LogP contribution >= 0.6 is 11.6 Å². The molecule has 0 N–H and O–H groups in total. The summed E-state index contributed by atoms with van der Waals surface area (Å²) in [6.45, 7) is 0. The second kappa shape index (κ2) is 4.49. The van der Waals surface area contributed by atoms with Gasteiger partial charge in [-0.1, -0.05) is 19.3 Å². The van der Waals surface area contributed by atoms with E-state index < -0.39 is 0 Å². The average Bonchev–Trinajstić information content (AvgIpc) is 2.41. The first-order valence-corrected chi connectivity index (χ1v) is 6.96. The maximum absolute atomic E-state index is 6.45. The Morgan fingerprint density at radius 2 is 2.12 bits per heavy atom. The molecule has 1 spiro atoms. The number of hydrogen-bond donors (Lipinski definition) is 0. The Bertz CT molecular complexity index is 375. The lowest BCUT2D eigenvalue weighted by Crippen LogP contribution is -2.58. The van der Waals surface area contributed by atoms with Gasteiger partial charge in [-0.25, -0.2) is 0 Å². The summed E-state index contributed by atoms with van der Waals surface area (Å²) in [6, 6.07) is 3.89. The minimum atomic E-state index is 0.246. The molecule has 0 amide bonds. The maximum atomic E-state index is 6.45. The highest BCUT2D eigenvalue weighted by Gasteiger charge is 2.55. The molecule has 0 aromatic carbocycles. The fourth-order valence-corrected chi connectivity index (χ4v) is 3.81. The highest BCUT2D eigenvalue weighted by Crippen LogP contribution is 2.55. The van der Waals surface area contributed by atoms with Crippen molar-refractivity contribution >= 4 is 11.6 Å². The predicted octanol–water partition coefficient (Wildman–Crippen LogP) is 3.79. The van der Waals surface area contributed by atoms with Crippen LogP contribution in [0.4, 0.5) is 0 Å². The largest absolute Gasteiger partial charge is 0.488 e. The lowest BCUT2D eigenvalue weighted by molar-refractivity contribution is -0.0651. The number of aromatic nitrogens is 1. The summed E-state index contributed by atoms with van der Waals surface area (Å²) in [4.78, 5) is 4.09. The van der Waals surface area contributed by atoms with Crippen LogP contribution in [0.3, 0.4) is 0 Å². The molecule has 2 unspecified atom stereocenters. The van der Waals surface area contributed by atoms with Gasteiger partial charge in [-0.2, -0.15) is 0 Å². The first-order valence-electron chi connectivity index (χ1n) is 6.52. The summed E-state index contributed by atoms with van der Waals surface area (Å²) in [5.74, 6) is 0.881. The monoisotopic (exact) mass is 251 g/mol. The second-order valence-electron chi connectivity index (χ2n) is 5.29. The Labute approximate surface area is 107 Å². The van der Waals surface area contributed by atoms with E-state index in [9.17, 15) is 0 Å². The number of rotatable bonds is 2. The first kappa shape index (κ1) is 11.3. The van der Waals surface area contributed by atoms with Crippen LogP contribution < -0.4 is 4.74 Å². The molecule has 3 rings (SSSR count). The standard InChI is InChI=1S/C14H18ClNO/c15-12-9-13(14(12)6-2-1-3-7-14)17-11-5-4-8-16-10-11/h4-5,8,10,12-13H,1-3,6-7,9H2. The van der Waals surface area contributed by atoms with E-state index in [0.29, 0.717) is 11.5 Å². The molecule has 2 atom stereocenters. The molecule has 0 radical (unpaired) electrons. The van der Waals surface area contributed by atoms with E-state index in [0.717, 1.165) is 12.2 Å². The van der Waals surface area contributed by atoms with Crippen molar-refractivity contribution in [1.29, 1.82) is 0 Å². The SMILES string of the molecule is ClC1CC(Oc2cccnc2)C12CCCCC2. The maximum Gasteiger partial charge on any atom is 0.138 e. The van der Waals surface area contributed by atoms with Gasteiger partial charge in [0.15, 0.2) is 0 Å². The predicted molar refractivity (Wildman–Crippen MR) is 68.4 cm³/mol. The Hall–Kier alpha value is -0.760. The molecular formula is C14H18ClNO. The van der Waals surface area contributed by atoms with E-state index >= 15 is 0 Å². The molecule has 2 saturated carbocycles. The zero-order valence-corrected chi connectivity index (χ0v) is 10.7. The summed E-state index contributed by atoms with van der Waals surface area (Å²) < 4.78 is 6.07. The van der Waals surface area contributed by atoms with Crippen molar-refractivity contribution in [3.8, 4) is 5.75 Å². The molecule has 1 aromatic heterocycles. The van der Waals surface area contributed by atoms with Crippen molar-refractivity contribution in [2.75, 3.05) is 0 Å². The van der Waals surface area contributed by atoms with Gasteiger partial charge in [0.05, 0.1) is 6.20 Å². The minimum absolute atomic E-state index is 0.246. The number of nitrogens with zero attached hydrogens (tertiary/aromatic N) is 1. The normalized spacial score (nSPS) is 30.9. The number of pyridine rings is 1. The molecule has 92 valence electrons. The average molecular weight is 252 g/mol. The van der Waals surface area contributed by atoms with Gasteiger partial charge in [0.1, 0.15) is 11.9 Å². The number of hydrogen-bond acceptors (Lipinski definition) is 2. The highest BCUT2D eigenvalue weighted by atomic mass is 35.5. The van der Waals surface area contributed by atoms with Crippen molar-refractivity contribution in [2.45, 2.75) is 50.0 Å². The Morgan fingerprint density at radius 1 is 1.29 bits per heavy atom. The third kappa shape index (κ3) is 1.93. The van der Waals surface area contributed by atoms with Gasteiger partial charge < -0.3 is 4.74 Å². The quantitative estimate of drug-likeness (QED) is 0.746. The Kier molecular flexibility index (Phi) is 2.99. The number of ether oxygens (including phenoxy) is 1. The highest BCUT2D eigenvalue weighted by molar-refractivity contribution is 6.21. The molecule has 1 aromatic rings. The molecule has 2 aliphatic carbocycles. The smallest absolute Gasteiger partial charge is 0.138 e. The molecule has 1 heterocycles. The summed E-state index contributed by atoms with van der Waals surface area (Å²) in [5, 5.41) is 0.310. The molecule has 0 saturated heterocycles. The molecule has 2 aliphatic rings. The molecule has 2 nitrogen and oxygen atoms in total. The van der Waals surface area contributed by atoms with Gasteiger partial charge in [0, 0.05) is 23.4 Å². The third-order valence-corrected chi connectivity index (χ3v) is 5.00. The molecule has 17 heavy (non-hydrogen) atoms. The molecule has 2 fully saturated rings. The van der Waals surface area contributed by atoms with E-state index in [4.69, 9.17) is 16.3 Å². The van der Waals surface area contributed by atoms with Crippen molar-refractivity contribution in [1.82, 2.24) is 4.98 Å². The van der Waals surface area contributed by atoms with Crippen molar-refractivity contribution in [3.05, 3.63) is 24.5 Å². The molecule has 0 bridgehead atoms. The zero-order chi connectivity index (χ0) is 11.7. The number of alkyl halides is 1. The Morgan fingerprint density at radius 3 is 2.76 bits per heavy atom. The zero-order valence-electron chi connectivity index (χ0n) is 9.94. The van der Waals surface area contributed by atoms with Crippen molar-refractivity contribution in [2.24, 2.45) is 5.41 Å². The van der Waals surface area contributed by atoms with E-state index in [1.54, 1.807) is 12.4 Å². The number of halogens is 1. The van der Waals surface area contributed by atoms with Gasteiger partial charge >= 0.3 is 0 Å². The molecular weight excluding hydrogens is 234 g/mol. The lowest BCUT2D eigenvalue weighted by atomic mass is 9.58. The van der Waals surface area contributed by atoms with Gasteiger partial charge in [-0.15, -0.1) is 11.6 Å². The minimum Gasteiger partial charge on any atom is -0.488 e. The van der Waals surface area contributed by atoms with Crippen LogP contribution in [0.5, 0.6) is 5.75 Å². The van der Waals surface area contributed by atoms with Crippen molar-refractivity contribution < 1.29 is 4.74 Å². The molecule has 3 heteroatoms. The van der Waals surface area contributed by atoms with E-state index in [1.165, 1.54) is 32.1 Å². The van der Waals surface area contributed by atoms with Crippen molar-refractivity contribution in [3.63, 3.8) is 0 Å². The van der Waals surface area contributed by atoms with Gasteiger partial charge in [-0.05, 0) is 25.0 Å². The Balaban J connectivity index is 1.72. The van der Waals surface area contributed by atoms with Gasteiger partial charge in [0.25, 0.3) is 0 Å². The fourth-order valence-electron chi connectivity index (χ4n) is 3.29.